The van der Waals surface area contributed by atoms with Gasteiger partial charge in [-0.3, -0.25) is 0 Å². The predicted molar refractivity (Wildman–Crippen MR) is 175 cm³/mol. The molecule has 7 aromatic rings. The number of hydrogen-bond acceptors (Lipinski definition) is 1. The van der Waals surface area contributed by atoms with Crippen LogP contribution in [0.5, 0.6) is 11.5 Å². The Morgan fingerprint density at radius 2 is 1.20 bits per heavy atom. The molecular weight excluding hydrogens is 513 g/mol. The van der Waals surface area contributed by atoms with Crippen LogP contribution < -0.4 is 41.9 Å². The highest BCUT2D eigenvalue weighted by molar-refractivity contribution is 7.26. The van der Waals surface area contributed by atoms with Gasteiger partial charge in [-0.05, 0) is 55.9 Å². The van der Waals surface area contributed by atoms with Crippen LogP contribution in [0.1, 0.15) is 0 Å². The van der Waals surface area contributed by atoms with Crippen LogP contribution >= 0.6 is 0 Å². The zero-order valence-electron chi connectivity index (χ0n) is 22.7. The van der Waals surface area contributed by atoms with Gasteiger partial charge in [0.2, 0.25) is 0 Å². The van der Waals surface area contributed by atoms with E-state index in [1.54, 1.807) is 0 Å². The van der Waals surface area contributed by atoms with Crippen molar-refractivity contribution in [3.05, 3.63) is 140 Å². The summed E-state index contributed by atoms with van der Waals surface area (Å²) in [5, 5.41) is 8.21. The average molecular weight is 540 g/mol. The van der Waals surface area contributed by atoms with E-state index in [1.165, 1.54) is 58.9 Å². The standard InChI is InChI=1S/C37H26BNOSi/c1-39-31-19-10-8-17-27(31)28-23-34-30(24-32(28)39)38-29-18-9-11-21-35(29)41(25-13-4-2-5-14-25,26-15-6-3-7-16-26)36-22-12-20-33(40-34)37(36)38/h2-24H,1H3. The van der Waals surface area contributed by atoms with E-state index in [-0.39, 0.29) is 6.71 Å². The van der Waals surface area contributed by atoms with Crippen molar-refractivity contribution in [1.29, 1.82) is 0 Å². The van der Waals surface area contributed by atoms with Crippen molar-refractivity contribution in [2.75, 3.05) is 0 Å². The van der Waals surface area contributed by atoms with Crippen LogP contribution in [0.2, 0.25) is 0 Å². The van der Waals surface area contributed by atoms with E-state index in [0.29, 0.717) is 0 Å². The van der Waals surface area contributed by atoms with E-state index in [9.17, 15) is 0 Å². The number of nitrogens with zero attached hydrogens (tertiary/aromatic N) is 1. The zero-order valence-corrected chi connectivity index (χ0v) is 23.7. The van der Waals surface area contributed by atoms with Gasteiger partial charge in [-0.15, -0.1) is 0 Å². The lowest BCUT2D eigenvalue weighted by molar-refractivity contribution is 0.488. The summed E-state index contributed by atoms with van der Waals surface area (Å²) in [5.74, 6) is 1.95. The molecule has 0 bridgehead atoms. The smallest absolute Gasteiger partial charge is 0.250 e. The van der Waals surface area contributed by atoms with Crippen molar-refractivity contribution in [2.24, 2.45) is 7.05 Å². The van der Waals surface area contributed by atoms with Crippen molar-refractivity contribution in [1.82, 2.24) is 4.57 Å². The first-order chi connectivity index (χ1) is 20.3. The van der Waals surface area contributed by atoms with Gasteiger partial charge in [0.05, 0.1) is 0 Å². The SMILES string of the molecule is Cn1c2ccccc2c2cc3c(cc21)B1c2ccccc2[Si](c2ccccc2)(c2ccccc2)c2cccc(c21)O3. The molecule has 0 spiro atoms. The number of hydrogen-bond donors (Lipinski definition) is 0. The Morgan fingerprint density at radius 1 is 0.537 bits per heavy atom. The lowest BCUT2D eigenvalue weighted by Gasteiger charge is -2.44. The molecule has 2 aliphatic heterocycles. The molecule has 0 amide bonds. The maximum Gasteiger partial charge on any atom is 0.250 e. The normalized spacial score (nSPS) is 14.3. The highest BCUT2D eigenvalue weighted by Gasteiger charge is 2.52. The Balaban J connectivity index is 1.42. The summed E-state index contributed by atoms with van der Waals surface area (Å²) >= 11 is 0. The molecule has 2 nitrogen and oxygen atoms in total. The molecular formula is C37H26BNOSi. The molecule has 1 aromatic heterocycles. The van der Waals surface area contributed by atoms with Crippen LogP contribution in [-0.2, 0) is 7.05 Å². The molecule has 0 atom stereocenters. The van der Waals surface area contributed by atoms with Crippen LogP contribution in [-0.4, -0.2) is 19.4 Å². The molecule has 2 aliphatic rings. The molecule has 0 radical (unpaired) electrons. The largest absolute Gasteiger partial charge is 0.458 e. The van der Waals surface area contributed by atoms with Crippen molar-refractivity contribution in [3.8, 4) is 11.5 Å². The van der Waals surface area contributed by atoms with Gasteiger partial charge in [-0.2, -0.15) is 0 Å². The topological polar surface area (TPSA) is 14.2 Å². The van der Waals surface area contributed by atoms with E-state index in [1.807, 2.05) is 0 Å². The number of aromatic nitrogens is 1. The van der Waals surface area contributed by atoms with Crippen molar-refractivity contribution < 1.29 is 4.74 Å². The van der Waals surface area contributed by atoms with Gasteiger partial charge >= 0.3 is 0 Å². The molecule has 3 heterocycles. The molecule has 41 heavy (non-hydrogen) atoms. The first kappa shape index (κ1) is 23.0. The van der Waals surface area contributed by atoms with Crippen molar-refractivity contribution in [3.63, 3.8) is 0 Å². The molecule has 0 unspecified atom stereocenters. The maximum atomic E-state index is 6.88. The fraction of sp³-hybridized carbons (Fsp3) is 0.0270. The molecule has 192 valence electrons. The summed E-state index contributed by atoms with van der Waals surface area (Å²) in [6.07, 6.45) is 0. The fourth-order valence-corrected chi connectivity index (χ4v) is 13.0. The van der Waals surface area contributed by atoms with Gasteiger partial charge < -0.3 is 9.30 Å². The minimum absolute atomic E-state index is 0.108. The number of aryl methyl sites for hydroxylation is 1. The summed E-state index contributed by atoms with van der Waals surface area (Å²) in [6.45, 7) is 0.108. The average Bonchev–Trinajstić information content (AvgIpc) is 3.31. The van der Waals surface area contributed by atoms with Crippen LogP contribution in [0.4, 0.5) is 0 Å². The molecule has 0 saturated carbocycles. The number of ether oxygens (including phenoxy) is 1. The van der Waals surface area contributed by atoms with Gasteiger partial charge in [-0.25, -0.2) is 0 Å². The second kappa shape index (κ2) is 8.36. The van der Waals surface area contributed by atoms with E-state index in [2.05, 4.69) is 151 Å². The van der Waals surface area contributed by atoms with Crippen LogP contribution in [0.25, 0.3) is 21.8 Å². The summed E-state index contributed by atoms with van der Waals surface area (Å²) in [6, 6.07) is 51.7. The van der Waals surface area contributed by atoms with Crippen LogP contribution in [0.3, 0.4) is 0 Å². The molecule has 9 rings (SSSR count). The third-order valence-electron chi connectivity index (χ3n) is 9.42. The van der Waals surface area contributed by atoms with E-state index < -0.39 is 8.07 Å². The zero-order chi connectivity index (χ0) is 27.1. The minimum Gasteiger partial charge on any atom is -0.458 e. The van der Waals surface area contributed by atoms with Crippen LogP contribution in [0.15, 0.2) is 140 Å². The second-order valence-electron chi connectivity index (χ2n) is 11.3. The highest BCUT2D eigenvalue weighted by Crippen LogP contribution is 2.34. The maximum absolute atomic E-state index is 6.88. The lowest BCUT2D eigenvalue weighted by atomic mass is 9.35. The minimum atomic E-state index is -2.63. The Bertz CT molecular complexity index is 2110. The summed E-state index contributed by atoms with van der Waals surface area (Å²) < 4.78 is 9.21. The highest BCUT2D eigenvalue weighted by atomic mass is 28.3. The Hall–Kier alpha value is -4.80. The van der Waals surface area contributed by atoms with Crippen molar-refractivity contribution in [2.45, 2.75) is 0 Å². The Morgan fingerprint density at radius 3 is 1.98 bits per heavy atom. The van der Waals surface area contributed by atoms with Crippen molar-refractivity contribution >= 4 is 73.7 Å². The number of benzene rings is 6. The summed E-state index contributed by atoms with van der Waals surface area (Å²) in [4.78, 5) is 0. The van der Waals surface area contributed by atoms with Gasteiger partial charge in [0.1, 0.15) is 11.5 Å². The Labute approximate surface area is 240 Å². The summed E-state index contributed by atoms with van der Waals surface area (Å²) in [5.41, 5.74) is 6.46. The summed E-state index contributed by atoms with van der Waals surface area (Å²) in [7, 11) is -0.451. The van der Waals surface area contributed by atoms with Gasteiger partial charge in [-0.1, -0.05) is 121 Å². The van der Waals surface area contributed by atoms with E-state index in [4.69, 9.17) is 4.74 Å². The molecule has 0 saturated heterocycles. The number of rotatable bonds is 2. The van der Waals surface area contributed by atoms with Gasteiger partial charge in [0.15, 0.2) is 8.07 Å². The number of para-hydroxylation sites is 1. The molecule has 0 N–H and O–H groups in total. The van der Waals surface area contributed by atoms with Gasteiger partial charge in [0.25, 0.3) is 6.71 Å². The van der Waals surface area contributed by atoms with E-state index in [0.717, 1.165) is 11.5 Å². The van der Waals surface area contributed by atoms with Crippen LogP contribution in [0, 0.1) is 0 Å². The fourth-order valence-electron chi connectivity index (χ4n) is 7.77. The number of fused-ring (bicyclic) bond motifs is 7. The third kappa shape index (κ3) is 2.92. The first-order valence-electron chi connectivity index (χ1n) is 14.3. The Kier molecular flexibility index (Phi) is 4.68. The van der Waals surface area contributed by atoms with E-state index >= 15 is 0 Å². The molecule has 6 aromatic carbocycles. The van der Waals surface area contributed by atoms with Gasteiger partial charge in [0, 0.05) is 28.9 Å². The molecule has 0 aliphatic carbocycles. The monoisotopic (exact) mass is 539 g/mol. The molecule has 0 fully saturated rings. The quantitative estimate of drug-likeness (QED) is 0.306. The lowest BCUT2D eigenvalue weighted by Crippen LogP contribution is -2.87. The predicted octanol–water partition coefficient (Wildman–Crippen LogP) is 3.64. The molecule has 4 heteroatoms. The third-order valence-corrected chi connectivity index (χ3v) is 14.3. The second-order valence-corrected chi connectivity index (χ2v) is 15.0. The first-order valence-corrected chi connectivity index (χ1v) is 16.3.